The van der Waals surface area contributed by atoms with E-state index in [-0.39, 0.29) is 28.4 Å². The highest BCUT2D eigenvalue weighted by molar-refractivity contribution is 8.02. The van der Waals surface area contributed by atoms with Crippen LogP contribution in [0.3, 0.4) is 0 Å². The van der Waals surface area contributed by atoms with Gasteiger partial charge in [0.15, 0.2) is 9.84 Å². The van der Waals surface area contributed by atoms with Gasteiger partial charge in [-0.2, -0.15) is 4.31 Å². The third kappa shape index (κ3) is 4.50. The fraction of sp³-hybridized carbons (Fsp3) is 0.632. The Balaban J connectivity index is 1.43. The number of thioether (sulfide) groups is 1. The lowest BCUT2D eigenvalue weighted by molar-refractivity contribution is -0.116. The van der Waals surface area contributed by atoms with E-state index in [1.807, 2.05) is 0 Å². The number of nitrogens with zero attached hydrogens (tertiary/aromatic N) is 2. The van der Waals surface area contributed by atoms with Gasteiger partial charge in [0.05, 0.1) is 22.2 Å². The highest BCUT2D eigenvalue weighted by Gasteiger charge is 2.32. The van der Waals surface area contributed by atoms with Gasteiger partial charge in [-0.3, -0.25) is 4.79 Å². The van der Waals surface area contributed by atoms with Crippen molar-refractivity contribution in [2.75, 3.05) is 41.8 Å². The van der Waals surface area contributed by atoms with Crippen molar-refractivity contribution in [3.8, 4) is 0 Å². The largest absolute Gasteiger partial charge is 0.311 e. The Bertz CT molecular complexity index is 1000. The first-order valence-corrected chi connectivity index (χ1v) is 14.3. The second-order valence-corrected chi connectivity index (χ2v) is 13.3. The maximum Gasteiger partial charge on any atom is 0.243 e. The third-order valence-corrected chi connectivity index (χ3v) is 11.0. The Morgan fingerprint density at radius 2 is 1.90 bits per heavy atom. The van der Waals surface area contributed by atoms with Gasteiger partial charge in [-0.05, 0) is 49.4 Å². The molecule has 29 heavy (non-hydrogen) atoms. The van der Waals surface area contributed by atoms with Crippen LogP contribution >= 0.6 is 11.8 Å². The summed E-state index contributed by atoms with van der Waals surface area (Å²) in [6.45, 7) is 1.67. The predicted molar refractivity (Wildman–Crippen MR) is 115 cm³/mol. The lowest BCUT2D eigenvalue weighted by Crippen LogP contribution is -2.35. The second-order valence-electron chi connectivity index (χ2n) is 7.89. The highest BCUT2D eigenvalue weighted by Crippen LogP contribution is 2.33. The third-order valence-electron chi connectivity index (χ3n) is 5.83. The number of hydrogen-bond donors (Lipinski definition) is 0. The van der Waals surface area contributed by atoms with Gasteiger partial charge < -0.3 is 4.90 Å². The molecule has 2 saturated heterocycles. The van der Waals surface area contributed by atoms with Crippen molar-refractivity contribution < 1.29 is 21.6 Å². The lowest BCUT2D eigenvalue weighted by Gasteiger charge is -2.26. The first kappa shape index (κ1) is 21.1. The minimum absolute atomic E-state index is 0.0110. The minimum Gasteiger partial charge on any atom is -0.311 e. The molecular formula is C19H26N2O5S3. The van der Waals surface area contributed by atoms with E-state index >= 15 is 0 Å². The normalized spacial score (nSPS) is 24.6. The molecule has 3 aliphatic heterocycles. The van der Waals surface area contributed by atoms with Gasteiger partial charge >= 0.3 is 0 Å². The summed E-state index contributed by atoms with van der Waals surface area (Å²) in [5, 5.41) is -0.0110. The molecule has 0 saturated carbocycles. The lowest BCUT2D eigenvalue weighted by atomic mass is 10.2. The molecule has 0 bridgehead atoms. The maximum absolute atomic E-state index is 12.9. The fourth-order valence-corrected chi connectivity index (χ4v) is 9.30. The molecular weight excluding hydrogens is 432 g/mol. The van der Waals surface area contributed by atoms with E-state index in [9.17, 15) is 21.6 Å². The van der Waals surface area contributed by atoms with E-state index in [4.69, 9.17) is 0 Å². The molecule has 1 unspecified atom stereocenters. The molecule has 0 aliphatic carbocycles. The number of rotatable bonds is 5. The molecule has 2 fully saturated rings. The summed E-state index contributed by atoms with van der Waals surface area (Å²) in [6.07, 6.45) is 4.10. The molecule has 0 spiro atoms. The zero-order valence-electron chi connectivity index (χ0n) is 16.2. The van der Waals surface area contributed by atoms with Crippen LogP contribution in [0.25, 0.3) is 0 Å². The summed E-state index contributed by atoms with van der Waals surface area (Å²) in [4.78, 5) is 14.7. The molecule has 7 nitrogen and oxygen atoms in total. The van der Waals surface area contributed by atoms with Crippen molar-refractivity contribution in [2.45, 2.75) is 42.2 Å². The van der Waals surface area contributed by atoms with Crippen molar-refractivity contribution in [1.82, 2.24) is 4.31 Å². The molecule has 1 atom stereocenters. The monoisotopic (exact) mass is 458 g/mol. The summed E-state index contributed by atoms with van der Waals surface area (Å²) in [7, 11) is -6.43. The number of benzene rings is 1. The van der Waals surface area contributed by atoms with Gasteiger partial charge in [-0.15, -0.1) is 11.8 Å². The number of amides is 1. The summed E-state index contributed by atoms with van der Waals surface area (Å²) in [6, 6.07) is 5.05. The minimum atomic E-state index is -3.48. The summed E-state index contributed by atoms with van der Waals surface area (Å²) >= 11 is 1.41. The van der Waals surface area contributed by atoms with Crippen molar-refractivity contribution >= 4 is 43.2 Å². The molecule has 0 radical (unpaired) electrons. The molecule has 3 heterocycles. The zero-order valence-corrected chi connectivity index (χ0v) is 18.7. The number of anilines is 1. The fourth-order valence-electron chi connectivity index (χ4n) is 4.21. The molecule has 10 heteroatoms. The van der Waals surface area contributed by atoms with Crippen LogP contribution in [0.5, 0.6) is 0 Å². The van der Waals surface area contributed by atoms with Crippen LogP contribution in [0.4, 0.5) is 5.69 Å². The van der Waals surface area contributed by atoms with Crippen LogP contribution in [-0.4, -0.2) is 69.2 Å². The van der Waals surface area contributed by atoms with Crippen molar-refractivity contribution in [3.05, 3.63) is 23.8 Å². The average molecular weight is 459 g/mol. The molecule has 1 aromatic rings. The number of sulfone groups is 1. The summed E-state index contributed by atoms with van der Waals surface area (Å²) in [5.74, 6) is 0.552. The molecule has 1 amide bonds. The standard InChI is InChI=1S/C19H26N2O5S3/c22-19(13-27-16-7-11-28(23,24)14-16)21-10-6-15-12-17(4-5-18(15)21)29(25,26)20-8-2-1-3-9-20/h4-5,12,16H,1-3,6-11,13-14H2. The van der Waals surface area contributed by atoms with E-state index in [2.05, 4.69) is 0 Å². The summed E-state index contributed by atoms with van der Waals surface area (Å²) in [5.41, 5.74) is 1.65. The number of hydrogen-bond acceptors (Lipinski definition) is 6. The van der Waals surface area contributed by atoms with E-state index in [1.54, 1.807) is 27.4 Å². The van der Waals surface area contributed by atoms with E-state index in [0.29, 0.717) is 37.4 Å². The molecule has 160 valence electrons. The number of carbonyl (C=O) groups excluding carboxylic acids is 1. The van der Waals surface area contributed by atoms with Crippen molar-refractivity contribution in [1.29, 1.82) is 0 Å². The first-order valence-electron chi connectivity index (χ1n) is 10.0. The Hall–Kier alpha value is -1.10. The SMILES string of the molecule is O=C(CSC1CCS(=O)(=O)C1)N1CCc2cc(S(=O)(=O)N3CCCCC3)ccc21. The zero-order chi connectivity index (χ0) is 20.6. The van der Waals surface area contributed by atoms with Crippen LogP contribution < -0.4 is 4.90 Å². The van der Waals surface area contributed by atoms with Crippen molar-refractivity contribution in [3.63, 3.8) is 0 Å². The van der Waals surface area contributed by atoms with Gasteiger partial charge in [0, 0.05) is 30.6 Å². The van der Waals surface area contributed by atoms with E-state index in [1.165, 1.54) is 11.8 Å². The van der Waals surface area contributed by atoms with Gasteiger partial charge in [0.25, 0.3) is 0 Å². The smallest absolute Gasteiger partial charge is 0.243 e. The Kier molecular flexibility index (Phi) is 5.98. The van der Waals surface area contributed by atoms with E-state index in [0.717, 1.165) is 30.5 Å². The van der Waals surface area contributed by atoms with Crippen LogP contribution in [0.2, 0.25) is 0 Å². The van der Waals surface area contributed by atoms with Gasteiger partial charge in [-0.25, -0.2) is 16.8 Å². The highest BCUT2D eigenvalue weighted by atomic mass is 32.2. The maximum atomic E-state index is 12.9. The quantitative estimate of drug-likeness (QED) is 0.667. The van der Waals surface area contributed by atoms with Gasteiger partial charge in [0.2, 0.25) is 15.9 Å². The van der Waals surface area contributed by atoms with Crippen LogP contribution in [0, 0.1) is 0 Å². The molecule has 0 N–H and O–H groups in total. The van der Waals surface area contributed by atoms with Gasteiger partial charge in [-0.1, -0.05) is 6.42 Å². The second kappa shape index (κ2) is 8.20. The van der Waals surface area contributed by atoms with Crippen LogP contribution in [0.1, 0.15) is 31.2 Å². The van der Waals surface area contributed by atoms with Crippen LogP contribution in [0.15, 0.2) is 23.1 Å². The molecule has 0 aromatic heterocycles. The van der Waals surface area contributed by atoms with Crippen molar-refractivity contribution in [2.24, 2.45) is 0 Å². The molecule has 3 aliphatic rings. The molecule has 1 aromatic carbocycles. The van der Waals surface area contributed by atoms with E-state index < -0.39 is 19.9 Å². The first-order chi connectivity index (χ1) is 13.8. The summed E-state index contributed by atoms with van der Waals surface area (Å²) < 4.78 is 50.5. The average Bonchev–Trinajstić information content (AvgIpc) is 3.29. The number of piperidine rings is 1. The Morgan fingerprint density at radius 1 is 1.14 bits per heavy atom. The Morgan fingerprint density at radius 3 is 2.59 bits per heavy atom. The van der Waals surface area contributed by atoms with Crippen LogP contribution in [-0.2, 0) is 31.1 Å². The number of fused-ring (bicyclic) bond motifs is 1. The topological polar surface area (TPSA) is 91.8 Å². The van der Waals surface area contributed by atoms with Gasteiger partial charge in [0.1, 0.15) is 0 Å². The molecule has 4 rings (SSSR count). The number of sulfonamides is 1. The predicted octanol–water partition coefficient (Wildman–Crippen LogP) is 1.67. The number of carbonyl (C=O) groups is 1. The Labute approximate surface area is 176 Å².